The van der Waals surface area contributed by atoms with E-state index in [0.29, 0.717) is 6.61 Å². The van der Waals surface area contributed by atoms with Crippen molar-refractivity contribution in [3.63, 3.8) is 0 Å². The Balaban J connectivity index is 2.32. The van der Waals surface area contributed by atoms with Crippen LogP contribution in [0.25, 0.3) is 0 Å². The van der Waals surface area contributed by atoms with E-state index in [2.05, 4.69) is 19.1 Å². The zero-order chi connectivity index (χ0) is 17.3. The van der Waals surface area contributed by atoms with Crippen LogP contribution in [0.1, 0.15) is 48.6 Å². The Labute approximate surface area is 143 Å². The number of benzene rings is 1. The summed E-state index contributed by atoms with van der Waals surface area (Å²) in [5, 5.41) is 10.2. The highest BCUT2D eigenvalue weighted by Gasteiger charge is 2.38. The third-order valence-electron chi connectivity index (χ3n) is 4.37. The number of hydrogen-bond acceptors (Lipinski definition) is 4. The van der Waals surface area contributed by atoms with Crippen molar-refractivity contribution in [3.8, 4) is 0 Å². The second-order valence-electron chi connectivity index (χ2n) is 6.68. The Hall–Kier alpha value is -1.46. The number of thiocarbonyl (C=S) groups is 1. The van der Waals surface area contributed by atoms with Gasteiger partial charge in [0.05, 0.1) is 12.5 Å². The minimum absolute atomic E-state index is 0.0253. The predicted molar refractivity (Wildman–Crippen MR) is 94.3 cm³/mol. The summed E-state index contributed by atoms with van der Waals surface area (Å²) in [5.41, 5.74) is 4.53. The molecule has 5 heteroatoms. The minimum atomic E-state index is -0.674. The lowest BCUT2D eigenvalue weighted by Crippen LogP contribution is -2.37. The van der Waals surface area contributed by atoms with Crippen LogP contribution in [0.4, 0.5) is 0 Å². The molecule has 0 saturated carbocycles. The zero-order valence-corrected chi connectivity index (χ0v) is 15.2. The number of hydrogen-bond donors (Lipinski definition) is 1. The van der Waals surface area contributed by atoms with Crippen LogP contribution in [0.15, 0.2) is 12.1 Å². The van der Waals surface area contributed by atoms with E-state index in [0.717, 1.165) is 16.7 Å². The third-order valence-corrected chi connectivity index (χ3v) is 4.68. The average Bonchev–Trinajstić information content (AvgIpc) is 2.79. The number of rotatable bonds is 4. The van der Waals surface area contributed by atoms with E-state index in [1.54, 1.807) is 0 Å². The Morgan fingerprint density at radius 1 is 1.35 bits per heavy atom. The molecule has 0 bridgehead atoms. The molecule has 1 N–H and O–H groups in total. The molecule has 1 fully saturated rings. The number of aryl methyl sites for hydroxylation is 3. The van der Waals surface area contributed by atoms with Crippen molar-refractivity contribution in [2.24, 2.45) is 5.92 Å². The van der Waals surface area contributed by atoms with Gasteiger partial charge < -0.3 is 9.84 Å². The fourth-order valence-corrected chi connectivity index (χ4v) is 3.44. The van der Waals surface area contributed by atoms with Gasteiger partial charge in [0.25, 0.3) is 5.17 Å². The van der Waals surface area contributed by atoms with E-state index in [9.17, 15) is 9.90 Å². The third kappa shape index (κ3) is 3.72. The molecule has 0 radical (unpaired) electrons. The van der Waals surface area contributed by atoms with Crippen LogP contribution in [-0.2, 0) is 9.53 Å². The molecule has 1 heterocycles. The summed E-state index contributed by atoms with van der Waals surface area (Å²) in [6, 6.07) is 4.00. The van der Waals surface area contributed by atoms with Gasteiger partial charge in [0, 0.05) is 0 Å². The van der Waals surface area contributed by atoms with Crippen LogP contribution in [-0.4, -0.2) is 33.8 Å². The molecule has 1 aliphatic heterocycles. The van der Waals surface area contributed by atoms with Gasteiger partial charge in [0.15, 0.2) is 0 Å². The van der Waals surface area contributed by atoms with Gasteiger partial charge in [-0.05, 0) is 55.6 Å². The fraction of sp³-hybridized carbons (Fsp3) is 0.556. The lowest BCUT2D eigenvalue weighted by Gasteiger charge is -2.26. The second-order valence-corrected chi connectivity index (χ2v) is 7.03. The predicted octanol–water partition coefficient (Wildman–Crippen LogP) is 3.20. The topological polar surface area (TPSA) is 49.8 Å². The van der Waals surface area contributed by atoms with Crippen LogP contribution < -0.4 is 0 Å². The van der Waals surface area contributed by atoms with Gasteiger partial charge in [0.1, 0.15) is 12.6 Å². The van der Waals surface area contributed by atoms with Crippen molar-refractivity contribution in [3.05, 3.63) is 34.4 Å². The maximum Gasteiger partial charge on any atom is 0.266 e. The largest absolute Gasteiger partial charge is 0.468 e. The Morgan fingerprint density at radius 3 is 2.43 bits per heavy atom. The normalized spacial score (nSPS) is 19.2. The number of carbonyl (C=O) groups excluding carboxylic acids is 1. The molecule has 1 saturated heterocycles. The summed E-state index contributed by atoms with van der Waals surface area (Å²) >= 11 is 5.23. The maximum atomic E-state index is 12.6. The smallest absolute Gasteiger partial charge is 0.266 e. The lowest BCUT2D eigenvalue weighted by atomic mass is 9.93. The lowest BCUT2D eigenvalue weighted by molar-refractivity contribution is -0.131. The molecular formula is C18H25NO3S. The molecule has 23 heavy (non-hydrogen) atoms. The summed E-state index contributed by atoms with van der Waals surface area (Å²) in [5.74, 6) is -0.157. The first-order chi connectivity index (χ1) is 10.7. The Bertz CT molecular complexity index is 604. The number of ether oxygens (including phenoxy) is 1. The SMILES string of the molecule is Cc1cc(C)c([C@@H]2COC(=S)N2C(=O)C[C@H](O)C(C)C)c(C)c1. The average molecular weight is 335 g/mol. The minimum Gasteiger partial charge on any atom is -0.468 e. The molecule has 0 unspecified atom stereocenters. The van der Waals surface area contributed by atoms with Gasteiger partial charge in [0.2, 0.25) is 5.91 Å². The molecule has 1 aromatic carbocycles. The van der Waals surface area contributed by atoms with Gasteiger partial charge >= 0.3 is 0 Å². The molecule has 0 aliphatic carbocycles. The number of amides is 1. The molecule has 2 atom stereocenters. The number of aliphatic hydroxyl groups excluding tert-OH is 1. The molecular weight excluding hydrogens is 310 g/mol. The Kier molecular flexibility index (Phi) is 5.42. The first-order valence-electron chi connectivity index (χ1n) is 7.97. The summed E-state index contributed by atoms with van der Waals surface area (Å²) in [6.45, 7) is 10.3. The Morgan fingerprint density at radius 2 is 1.91 bits per heavy atom. The molecule has 0 aromatic heterocycles. The van der Waals surface area contributed by atoms with E-state index < -0.39 is 6.10 Å². The van der Waals surface area contributed by atoms with Crippen LogP contribution in [0, 0.1) is 26.7 Å². The molecule has 126 valence electrons. The fourth-order valence-electron chi connectivity index (χ4n) is 3.14. The van der Waals surface area contributed by atoms with E-state index in [1.165, 1.54) is 10.5 Å². The van der Waals surface area contributed by atoms with Crippen molar-refractivity contribution < 1.29 is 14.6 Å². The van der Waals surface area contributed by atoms with Gasteiger partial charge in [-0.3, -0.25) is 9.69 Å². The standard InChI is InChI=1S/C18H25NO3S/c1-10(2)15(20)8-16(21)19-14(9-22-18(19)23)17-12(4)6-11(3)7-13(17)5/h6-7,10,14-15,20H,8-9H2,1-5H3/t14-,15-/m0/s1. The molecule has 1 aromatic rings. The first kappa shape index (κ1) is 17.9. The van der Waals surface area contributed by atoms with Crippen molar-refractivity contribution in [1.82, 2.24) is 4.90 Å². The van der Waals surface area contributed by atoms with Crippen molar-refractivity contribution >= 4 is 23.3 Å². The van der Waals surface area contributed by atoms with Crippen molar-refractivity contribution in [2.45, 2.75) is 53.2 Å². The summed E-state index contributed by atoms with van der Waals surface area (Å²) in [4.78, 5) is 14.2. The van der Waals surface area contributed by atoms with E-state index in [1.807, 2.05) is 27.7 Å². The number of carbonyl (C=O) groups is 1. The summed E-state index contributed by atoms with van der Waals surface area (Å²) in [6.07, 6.45) is -0.617. The second kappa shape index (κ2) is 6.97. The highest BCUT2D eigenvalue weighted by atomic mass is 32.1. The molecule has 2 rings (SSSR count). The van der Waals surface area contributed by atoms with Gasteiger partial charge in [-0.25, -0.2) is 0 Å². The zero-order valence-electron chi connectivity index (χ0n) is 14.4. The molecule has 0 spiro atoms. The molecule has 1 aliphatic rings. The molecule has 1 amide bonds. The summed E-state index contributed by atoms with van der Waals surface area (Å²) in [7, 11) is 0. The van der Waals surface area contributed by atoms with Crippen LogP contribution in [0.3, 0.4) is 0 Å². The number of nitrogens with zero attached hydrogens (tertiary/aromatic N) is 1. The maximum absolute atomic E-state index is 12.6. The van der Waals surface area contributed by atoms with Gasteiger partial charge in [-0.1, -0.05) is 31.5 Å². The van der Waals surface area contributed by atoms with E-state index in [-0.39, 0.29) is 29.5 Å². The van der Waals surface area contributed by atoms with E-state index in [4.69, 9.17) is 17.0 Å². The monoisotopic (exact) mass is 335 g/mol. The summed E-state index contributed by atoms with van der Waals surface area (Å²) < 4.78 is 5.49. The highest BCUT2D eigenvalue weighted by molar-refractivity contribution is 7.80. The van der Waals surface area contributed by atoms with E-state index >= 15 is 0 Å². The quantitative estimate of drug-likeness (QED) is 0.859. The van der Waals surface area contributed by atoms with Gasteiger partial charge in [-0.2, -0.15) is 0 Å². The first-order valence-corrected chi connectivity index (χ1v) is 8.37. The van der Waals surface area contributed by atoms with Crippen molar-refractivity contribution in [1.29, 1.82) is 0 Å². The number of aliphatic hydroxyl groups is 1. The molecule has 4 nitrogen and oxygen atoms in total. The van der Waals surface area contributed by atoms with Crippen LogP contribution >= 0.6 is 12.2 Å². The van der Waals surface area contributed by atoms with Gasteiger partial charge in [-0.15, -0.1) is 0 Å². The highest BCUT2D eigenvalue weighted by Crippen LogP contribution is 2.33. The van der Waals surface area contributed by atoms with Crippen LogP contribution in [0.5, 0.6) is 0 Å². The van der Waals surface area contributed by atoms with Crippen molar-refractivity contribution in [2.75, 3.05) is 6.61 Å². The van der Waals surface area contributed by atoms with Crippen LogP contribution in [0.2, 0.25) is 0 Å².